The van der Waals surface area contributed by atoms with Crippen LogP contribution in [0.4, 0.5) is 10.5 Å². The Bertz CT molecular complexity index is 824. The van der Waals surface area contributed by atoms with E-state index < -0.39 is 17.7 Å². The summed E-state index contributed by atoms with van der Waals surface area (Å²) in [6.07, 6.45) is -0.291. The van der Waals surface area contributed by atoms with Gasteiger partial charge in [0.05, 0.1) is 13.2 Å². The minimum atomic E-state index is -0.575. The quantitative estimate of drug-likeness (QED) is 0.668. The highest BCUT2D eigenvalue weighted by Gasteiger charge is 2.13. The number of esters is 1. The molecule has 2 aromatic rings. The summed E-state index contributed by atoms with van der Waals surface area (Å²) in [7, 11) is 0. The third kappa shape index (κ3) is 4.13. The van der Waals surface area contributed by atoms with E-state index in [1.54, 1.807) is 32.0 Å². The summed E-state index contributed by atoms with van der Waals surface area (Å²) in [5.74, 6) is -0.396. The molecule has 0 unspecified atom stereocenters. The van der Waals surface area contributed by atoms with E-state index in [4.69, 9.17) is 13.9 Å². The van der Waals surface area contributed by atoms with Gasteiger partial charge in [-0.15, -0.1) is 0 Å². The van der Waals surface area contributed by atoms with Crippen molar-refractivity contribution < 1.29 is 23.5 Å². The normalized spacial score (nSPS) is 10.5. The van der Waals surface area contributed by atoms with Gasteiger partial charge in [0, 0.05) is 36.0 Å². The van der Waals surface area contributed by atoms with Gasteiger partial charge in [-0.05, 0) is 31.5 Å². The highest BCUT2D eigenvalue weighted by Crippen LogP contribution is 2.23. The predicted molar refractivity (Wildman–Crippen MR) is 88.2 cm³/mol. The minimum Gasteiger partial charge on any atom is -0.466 e. The zero-order valence-corrected chi connectivity index (χ0v) is 13.8. The van der Waals surface area contributed by atoms with Crippen LogP contribution >= 0.6 is 0 Å². The summed E-state index contributed by atoms with van der Waals surface area (Å²) in [4.78, 5) is 34.4. The molecule has 0 atom stereocenters. The topological polar surface area (TPSA) is 94.8 Å². The molecule has 0 bridgehead atoms. The van der Waals surface area contributed by atoms with Gasteiger partial charge in [-0.1, -0.05) is 0 Å². The third-order valence-electron chi connectivity index (χ3n) is 3.47. The Hall–Kier alpha value is -2.83. The Labute approximate surface area is 138 Å². The number of nitrogens with one attached hydrogen (secondary N) is 1. The van der Waals surface area contributed by atoms with Crippen LogP contribution in [-0.4, -0.2) is 25.3 Å². The van der Waals surface area contributed by atoms with E-state index in [2.05, 4.69) is 5.32 Å². The molecule has 0 saturated heterocycles. The lowest BCUT2D eigenvalue weighted by atomic mass is 10.0. The summed E-state index contributed by atoms with van der Waals surface area (Å²) in [5, 5.41) is 3.31. The molecule has 0 aliphatic carbocycles. The van der Waals surface area contributed by atoms with Gasteiger partial charge in [0.2, 0.25) is 0 Å². The molecule has 0 radical (unpaired) electrons. The van der Waals surface area contributed by atoms with E-state index in [9.17, 15) is 14.4 Å². The molecule has 0 spiro atoms. The highest BCUT2D eigenvalue weighted by atomic mass is 16.5. The average molecular weight is 333 g/mol. The van der Waals surface area contributed by atoms with Gasteiger partial charge >= 0.3 is 17.7 Å². The van der Waals surface area contributed by atoms with Gasteiger partial charge in [0.15, 0.2) is 0 Å². The van der Waals surface area contributed by atoms with Crippen molar-refractivity contribution in [2.45, 2.75) is 27.2 Å². The molecular formula is C17H19NO6. The van der Waals surface area contributed by atoms with Crippen LogP contribution in [0.15, 0.2) is 27.4 Å². The summed E-state index contributed by atoms with van der Waals surface area (Å²) in [6, 6.07) is 5.02. The minimum absolute atomic E-state index is 0.120. The summed E-state index contributed by atoms with van der Waals surface area (Å²) < 4.78 is 15.0. The predicted octanol–water partition coefficient (Wildman–Crippen LogP) is 2.78. The van der Waals surface area contributed by atoms with Crippen molar-refractivity contribution in [1.82, 2.24) is 0 Å². The molecule has 2 rings (SSSR count). The van der Waals surface area contributed by atoms with E-state index in [1.165, 1.54) is 6.92 Å². The Morgan fingerprint density at radius 2 is 2.00 bits per heavy atom. The zero-order valence-electron chi connectivity index (χ0n) is 13.8. The van der Waals surface area contributed by atoms with E-state index in [1.807, 2.05) is 0 Å². The molecule has 1 heterocycles. The van der Waals surface area contributed by atoms with Crippen LogP contribution in [0.2, 0.25) is 0 Å². The van der Waals surface area contributed by atoms with Crippen LogP contribution in [0, 0.1) is 6.92 Å². The van der Waals surface area contributed by atoms with Crippen molar-refractivity contribution in [2.75, 3.05) is 18.5 Å². The lowest BCUT2D eigenvalue weighted by Gasteiger charge is -2.10. The molecule has 24 heavy (non-hydrogen) atoms. The zero-order chi connectivity index (χ0) is 17.7. The summed E-state index contributed by atoms with van der Waals surface area (Å²) in [6.45, 7) is 5.21. The number of carbonyl (C=O) groups is 2. The number of hydrogen-bond donors (Lipinski definition) is 1. The molecule has 7 heteroatoms. The molecule has 0 saturated carbocycles. The number of benzene rings is 1. The van der Waals surface area contributed by atoms with Crippen LogP contribution in [0.25, 0.3) is 11.0 Å². The molecule has 128 valence electrons. The van der Waals surface area contributed by atoms with Crippen molar-refractivity contribution in [2.24, 2.45) is 0 Å². The van der Waals surface area contributed by atoms with Gasteiger partial charge in [-0.2, -0.15) is 0 Å². The van der Waals surface area contributed by atoms with Crippen LogP contribution < -0.4 is 10.9 Å². The maximum absolute atomic E-state index is 12.1. The monoisotopic (exact) mass is 333 g/mol. The van der Waals surface area contributed by atoms with E-state index in [0.717, 1.165) is 10.9 Å². The molecule has 7 nitrogen and oxygen atoms in total. The SMILES string of the molecule is CCOC(=O)Nc1ccc2c(C)c(CCOC(C)=O)c(=O)oc2c1. The second-order valence-corrected chi connectivity index (χ2v) is 5.14. The number of fused-ring (bicyclic) bond motifs is 1. The Kier molecular flexibility index (Phi) is 5.57. The van der Waals surface area contributed by atoms with Crippen LogP contribution in [0.5, 0.6) is 0 Å². The number of ether oxygens (including phenoxy) is 2. The summed E-state index contributed by atoms with van der Waals surface area (Å²) >= 11 is 0. The van der Waals surface area contributed by atoms with Gasteiger partial charge < -0.3 is 13.9 Å². The Morgan fingerprint density at radius 3 is 2.67 bits per heavy atom. The number of carbonyl (C=O) groups excluding carboxylic acids is 2. The number of rotatable bonds is 5. The molecular weight excluding hydrogens is 314 g/mol. The Balaban J connectivity index is 2.30. The molecule has 1 N–H and O–H groups in total. The van der Waals surface area contributed by atoms with Crippen molar-refractivity contribution in [3.63, 3.8) is 0 Å². The van der Waals surface area contributed by atoms with Gasteiger partial charge in [-0.25, -0.2) is 9.59 Å². The van der Waals surface area contributed by atoms with Crippen LogP contribution in [-0.2, 0) is 20.7 Å². The average Bonchev–Trinajstić information content (AvgIpc) is 2.50. The fraction of sp³-hybridized carbons (Fsp3) is 0.353. The van der Waals surface area contributed by atoms with Crippen LogP contribution in [0.3, 0.4) is 0 Å². The molecule has 1 aromatic heterocycles. The molecule has 1 amide bonds. The first-order chi connectivity index (χ1) is 11.4. The van der Waals surface area contributed by atoms with Crippen molar-refractivity contribution in [3.05, 3.63) is 39.7 Å². The maximum atomic E-state index is 12.1. The first kappa shape index (κ1) is 17.5. The number of amides is 1. The largest absolute Gasteiger partial charge is 0.466 e. The fourth-order valence-electron chi connectivity index (χ4n) is 2.34. The maximum Gasteiger partial charge on any atom is 0.411 e. The molecule has 0 fully saturated rings. The number of aryl methyl sites for hydroxylation is 1. The summed E-state index contributed by atoms with van der Waals surface area (Å²) in [5.41, 5.74) is 1.57. The van der Waals surface area contributed by atoms with E-state index in [-0.39, 0.29) is 19.6 Å². The van der Waals surface area contributed by atoms with Gasteiger partial charge in [-0.3, -0.25) is 10.1 Å². The Morgan fingerprint density at radius 1 is 1.25 bits per heavy atom. The molecule has 0 aliphatic rings. The van der Waals surface area contributed by atoms with Crippen molar-refractivity contribution in [3.8, 4) is 0 Å². The first-order valence-corrected chi connectivity index (χ1v) is 7.55. The smallest absolute Gasteiger partial charge is 0.411 e. The number of anilines is 1. The van der Waals surface area contributed by atoms with Crippen LogP contribution in [0.1, 0.15) is 25.0 Å². The van der Waals surface area contributed by atoms with Gasteiger partial charge in [0.25, 0.3) is 0 Å². The third-order valence-corrected chi connectivity index (χ3v) is 3.47. The molecule has 0 aliphatic heterocycles. The van der Waals surface area contributed by atoms with Crippen molar-refractivity contribution in [1.29, 1.82) is 0 Å². The van der Waals surface area contributed by atoms with E-state index in [0.29, 0.717) is 16.8 Å². The highest BCUT2D eigenvalue weighted by molar-refractivity contribution is 5.90. The van der Waals surface area contributed by atoms with Crippen molar-refractivity contribution >= 4 is 28.7 Å². The second-order valence-electron chi connectivity index (χ2n) is 5.14. The lowest BCUT2D eigenvalue weighted by Crippen LogP contribution is -2.15. The first-order valence-electron chi connectivity index (χ1n) is 7.55. The number of hydrogen-bond acceptors (Lipinski definition) is 6. The van der Waals surface area contributed by atoms with E-state index >= 15 is 0 Å². The lowest BCUT2D eigenvalue weighted by molar-refractivity contribution is -0.140. The molecule has 1 aromatic carbocycles. The fourth-order valence-corrected chi connectivity index (χ4v) is 2.34. The van der Waals surface area contributed by atoms with Gasteiger partial charge in [0.1, 0.15) is 5.58 Å². The standard InChI is InChI=1S/C17H19NO6/c1-4-22-17(21)18-12-5-6-13-10(2)14(7-8-23-11(3)19)16(20)24-15(13)9-12/h5-6,9H,4,7-8H2,1-3H3,(H,18,21). The second kappa shape index (κ2) is 7.63.